The molecule has 0 saturated carbocycles. The van der Waals surface area contributed by atoms with E-state index in [2.05, 4.69) is 75.9 Å². The Balaban J connectivity index is 3.38. The van der Waals surface area contributed by atoms with Crippen LogP contribution in [0.25, 0.3) is 0 Å². The van der Waals surface area contributed by atoms with Crippen LogP contribution in [0.4, 0.5) is 0 Å². The molecule has 0 bridgehead atoms. The highest BCUT2D eigenvalue weighted by molar-refractivity contribution is 14.1. The number of aliphatic hydroxyl groups is 1. The Labute approximate surface area is 125 Å². The average Bonchev–Trinajstić information content (AvgIpc) is 2.54. The molecule has 0 aromatic heterocycles. The van der Waals surface area contributed by atoms with Crippen LogP contribution in [0, 0.1) is 11.3 Å². The van der Waals surface area contributed by atoms with Crippen molar-refractivity contribution in [1.29, 1.82) is 0 Å². The number of allylic oxidation sites excluding steroid dienone is 4. The molecule has 0 unspecified atom stereocenters. The Morgan fingerprint density at radius 3 is 2.50 bits per heavy atom. The monoisotopic (exact) mass is 360 g/mol. The Hall–Kier alpha value is -0.0900. The van der Waals surface area contributed by atoms with Crippen LogP contribution >= 0.6 is 22.6 Å². The van der Waals surface area contributed by atoms with Crippen molar-refractivity contribution in [2.75, 3.05) is 6.61 Å². The van der Waals surface area contributed by atoms with Crippen molar-refractivity contribution in [2.24, 2.45) is 11.3 Å². The fourth-order valence-electron chi connectivity index (χ4n) is 3.20. The molecule has 102 valence electrons. The van der Waals surface area contributed by atoms with Gasteiger partial charge in [-0.15, -0.1) is 0 Å². The van der Waals surface area contributed by atoms with E-state index in [1.54, 1.807) is 0 Å². The summed E-state index contributed by atoms with van der Waals surface area (Å²) in [5.41, 5.74) is 3.61. The van der Waals surface area contributed by atoms with Gasteiger partial charge in [0.1, 0.15) is 0 Å². The first-order chi connectivity index (χ1) is 8.25. The third kappa shape index (κ3) is 2.11. The van der Waals surface area contributed by atoms with E-state index in [9.17, 15) is 5.11 Å². The van der Waals surface area contributed by atoms with Crippen molar-refractivity contribution in [1.82, 2.24) is 0 Å². The zero-order valence-corrected chi connectivity index (χ0v) is 14.3. The van der Waals surface area contributed by atoms with Crippen LogP contribution in [0.5, 0.6) is 0 Å². The molecule has 0 heterocycles. The van der Waals surface area contributed by atoms with E-state index in [0.717, 1.165) is 12.0 Å². The van der Waals surface area contributed by atoms with Crippen LogP contribution < -0.4 is 0 Å². The van der Waals surface area contributed by atoms with Crippen molar-refractivity contribution in [3.05, 3.63) is 35.5 Å². The molecule has 1 nitrogen and oxygen atoms in total. The fourth-order valence-corrected chi connectivity index (χ4v) is 5.16. The van der Waals surface area contributed by atoms with Crippen LogP contribution in [0.1, 0.15) is 41.0 Å². The maximum absolute atomic E-state index is 9.66. The number of rotatable bonds is 4. The predicted molar refractivity (Wildman–Crippen MR) is 88.1 cm³/mol. The Bertz CT molecular complexity index is 405. The van der Waals surface area contributed by atoms with Gasteiger partial charge in [0, 0.05) is 5.41 Å². The molecule has 0 saturated heterocycles. The van der Waals surface area contributed by atoms with Crippen LogP contribution in [0.2, 0.25) is 0 Å². The van der Waals surface area contributed by atoms with Gasteiger partial charge in [-0.1, -0.05) is 67.7 Å². The van der Waals surface area contributed by atoms with Gasteiger partial charge in [-0.2, -0.15) is 0 Å². The summed E-state index contributed by atoms with van der Waals surface area (Å²) in [5, 5.41) is 9.66. The zero-order valence-electron chi connectivity index (χ0n) is 12.2. The molecular weight excluding hydrogens is 335 g/mol. The average molecular weight is 360 g/mol. The van der Waals surface area contributed by atoms with Gasteiger partial charge >= 0.3 is 0 Å². The quantitative estimate of drug-likeness (QED) is 0.334. The van der Waals surface area contributed by atoms with E-state index in [-0.39, 0.29) is 15.4 Å². The lowest BCUT2D eigenvalue weighted by Gasteiger charge is -2.47. The van der Waals surface area contributed by atoms with Crippen LogP contribution in [0.3, 0.4) is 0 Å². The maximum atomic E-state index is 9.66. The first kappa shape index (κ1) is 16.0. The molecule has 0 radical (unpaired) electrons. The van der Waals surface area contributed by atoms with Crippen LogP contribution in [-0.4, -0.2) is 15.1 Å². The third-order valence-corrected chi connectivity index (χ3v) is 6.76. The number of hydrogen-bond donors (Lipinski definition) is 1. The lowest BCUT2D eigenvalue weighted by Crippen LogP contribution is -2.45. The normalized spacial score (nSPS) is 32.9. The molecule has 0 aromatic rings. The van der Waals surface area contributed by atoms with Crippen molar-refractivity contribution in [3.63, 3.8) is 0 Å². The predicted octanol–water partition coefficient (Wildman–Crippen LogP) is 4.67. The van der Waals surface area contributed by atoms with Gasteiger partial charge in [0.2, 0.25) is 0 Å². The summed E-state index contributed by atoms with van der Waals surface area (Å²) in [6.45, 7) is 15.2. The zero-order chi connectivity index (χ0) is 14.1. The highest BCUT2D eigenvalue weighted by Gasteiger charge is 2.54. The van der Waals surface area contributed by atoms with Crippen molar-refractivity contribution in [3.8, 4) is 0 Å². The Morgan fingerprint density at radius 2 is 2.17 bits per heavy atom. The molecule has 0 amide bonds. The van der Waals surface area contributed by atoms with Gasteiger partial charge in [0.05, 0.1) is 10.0 Å². The molecule has 0 aliphatic heterocycles. The summed E-state index contributed by atoms with van der Waals surface area (Å²) in [4.78, 5) is 0. The van der Waals surface area contributed by atoms with E-state index in [1.165, 1.54) is 11.1 Å². The molecule has 2 atom stereocenters. The second-order valence-corrected chi connectivity index (χ2v) is 7.57. The van der Waals surface area contributed by atoms with E-state index in [4.69, 9.17) is 0 Å². The molecular formula is C16H25IO. The summed E-state index contributed by atoms with van der Waals surface area (Å²) in [6.07, 6.45) is 5.38. The lowest BCUT2D eigenvalue weighted by atomic mass is 9.64. The van der Waals surface area contributed by atoms with Gasteiger partial charge in [-0.25, -0.2) is 0 Å². The fraction of sp³-hybridized carbons (Fsp3) is 0.625. The van der Waals surface area contributed by atoms with E-state index < -0.39 is 0 Å². The molecule has 1 aliphatic carbocycles. The summed E-state index contributed by atoms with van der Waals surface area (Å²) < 4.78 is 0.0115. The Morgan fingerprint density at radius 1 is 1.61 bits per heavy atom. The molecule has 0 aromatic carbocycles. The smallest absolute Gasteiger partial charge is 0.0647 e. The molecule has 1 N–H and O–H groups in total. The molecule has 0 spiro atoms. The summed E-state index contributed by atoms with van der Waals surface area (Å²) >= 11 is 2.58. The number of aliphatic hydroxyl groups excluding tert-OH is 1. The second-order valence-electron chi connectivity index (χ2n) is 5.73. The standard InChI is InChI=1S/C16H25IO/c1-7-14(11(2)3)16(17)9-8-13(10-18)15(16,6)12(4)5/h7-8,12,18H,2,9-10H2,1,3-6H3/b14-7-/t15-,16+/m1/s1. The molecule has 0 fully saturated rings. The van der Waals surface area contributed by atoms with Gasteiger partial charge in [-0.3, -0.25) is 0 Å². The van der Waals surface area contributed by atoms with Crippen molar-refractivity contribution in [2.45, 2.75) is 44.5 Å². The summed E-state index contributed by atoms with van der Waals surface area (Å²) in [5.74, 6) is 0.476. The van der Waals surface area contributed by atoms with E-state index in [1.807, 2.05) is 0 Å². The minimum absolute atomic E-state index is 0.0108. The molecule has 1 aliphatic rings. The van der Waals surface area contributed by atoms with Crippen molar-refractivity contribution >= 4 is 22.6 Å². The number of alkyl halides is 1. The Kier molecular flexibility index (Phi) is 4.87. The first-order valence-electron chi connectivity index (χ1n) is 6.57. The number of halogens is 1. The van der Waals surface area contributed by atoms with Crippen molar-refractivity contribution < 1.29 is 5.11 Å². The minimum Gasteiger partial charge on any atom is -0.392 e. The van der Waals surface area contributed by atoms with Gasteiger partial charge in [0.15, 0.2) is 0 Å². The number of hydrogen-bond acceptors (Lipinski definition) is 1. The highest BCUT2D eigenvalue weighted by Crippen LogP contribution is 2.60. The molecule has 1 rings (SSSR count). The van der Waals surface area contributed by atoms with Gasteiger partial charge in [0.25, 0.3) is 0 Å². The minimum atomic E-state index is -0.0108. The lowest BCUT2D eigenvalue weighted by molar-refractivity contribution is 0.207. The summed E-state index contributed by atoms with van der Waals surface area (Å²) in [7, 11) is 0. The first-order valence-corrected chi connectivity index (χ1v) is 7.65. The third-order valence-electron chi connectivity index (χ3n) is 4.62. The molecule has 18 heavy (non-hydrogen) atoms. The maximum Gasteiger partial charge on any atom is 0.0647 e. The van der Waals surface area contributed by atoms with Crippen LogP contribution in [-0.2, 0) is 0 Å². The van der Waals surface area contributed by atoms with Gasteiger partial charge in [-0.05, 0) is 37.3 Å². The van der Waals surface area contributed by atoms with Crippen LogP contribution in [0.15, 0.2) is 35.5 Å². The topological polar surface area (TPSA) is 20.2 Å². The highest BCUT2D eigenvalue weighted by atomic mass is 127. The second kappa shape index (κ2) is 5.49. The van der Waals surface area contributed by atoms with E-state index in [0.29, 0.717) is 5.92 Å². The van der Waals surface area contributed by atoms with E-state index >= 15 is 0 Å². The molecule has 2 heteroatoms. The largest absolute Gasteiger partial charge is 0.392 e. The van der Waals surface area contributed by atoms with Gasteiger partial charge < -0.3 is 5.11 Å². The SMILES string of the molecule is C=C(C)/C(=C/C)[C@@]1(I)CC=C(CO)[C@@]1(C)C(C)C. The summed E-state index contributed by atoms with van der Waals surface area (Å²) in [6, 6.07) is 0.